The molecule has 1 aliphatic heterocycles. The summed E-state index contributed by atoms with van der Waals surface area (Å²) in [6, 6.07) is 5.84. The highest BCUT2D eigenvalue weighted by Gasteiger charge is 2.31. The fraction of sp³-hybridized carbons (Fsp3) is 0.529. The third-order valence-corrected chi connectivity index (χ3v) is 4.78. The van der Waals surface area contributed by atoms with Crippen LogP contribution in [0.4, 0.5) is 5.69 Å². The number of imidazole rings is 1. The molecule has 1 aliphatic carbocycles. The van der Waals surface area contributed by atoms with Crippen LogP contribution >= 0.6 is 0 Å². The van der Waals surface area contributed by atoms with Crippen molar-refractivity contribution in [2.75, 3.05) is 18.8 Å². The summed E-state index contributed by atoms with van der Waals surface area (Å²) in [4.78, 5) is 19.4. The van der Waals surface area contributed by atoms with E-state index in [9.17, 15) is 4.79 Å². The number of piperidine rings is 1. The number of hydrogen-bond donors (Lipinski definition) is 1. The van der Waals surface area contributed by atoms with Crippen molar-refractivity contribution in [2.45, 2.75) is 44.6 Å². The molecule has 0 atom stereocenters. The Hall–Kier alpha value is -2.04. The van der Waals surface area contributed by atoms with Gasteiger partial charge in [0.1, 0.15) is 17.9 Å². The quantitative estimate of drug-likeness (QED) is 0.886. The maximum atomic E-state index is 12.6. The molecule has 5 heteroatoms. The highest BCUT2D eigenvalue weighted by molar-refractivity contribution is 5.89. The van der Waals surface area contributed by atoms with Gasteiger partial charge in [-0.3, -0.25) is 4.79 Å². The van der Waals surface area contributed by atoms with Crippen LogP contribution in [0.1, 0.15) is 43.8 Å². The maximum Gasteiger partial charge on any atom is 0.242 e. The number of rotatable bonds is 3. The number of aromatic nitrogens is 2. The Morgan fingerprint density at radius 2 is 2.00 bits per heavy atom. The van der Waals surface area contributed by atoms with Crippen molar-refractivity contribution in [3.8, 4) is 0 Å². The molecule has 1 amide bonds. The van der Waals surface area contributed by atoms with Crippen LogP contribution in [0.2, 0.25) is 0 Å². The van der Waals surface area contributed by atoms with Crippen LogP contribution in [0.15, 0.2) is 18.2 Å². The van der Waals surface area contributed by atoms with Crippen molar-refractivity contribution in [3.05, 3.63) is 24.0 Å². The number of anilines is 1. The van der Waals surface area contributed by atoms with Crippen molar-refractivity contribution in [2.24, 2.45) is 0 Å². The smallest absolute Gasteiger partial charge is 0.242 e. The number of nitrogens with two attached hydrogens (primary N) is 1. The number of fused-ring (bicyclic) bond motifs is 1. The van der Waals surface area contributed by atoms with E-state index in [0.29, 0.717) is 18.2 Å². The minimum absolute atomic E-state index is 0.211. The van der Waals surface area contributed by atoms with Crippen LogP contribution in [0.25, 0.3) is 11.0 Å². The minimum Gasteiger partial charge on any atom is -0.397 e. The topological polar surface area (TPSA) is 64.1 Å². The van der Waals surface area contributed by atoms with Crippen molar-refractivity contribution in [1.82, 2.24) is 14.5 Å². The van der Waals surface area contributed by atoms with Gasteiger partial charge in [-0.1, -0.05) is 6.07 Å². The van der Waals surface area contributed by atoms with Crippen LogP contribution in [0.3, 0.4) is 0 Å². The molecule has 2 aromatic rings. The number of hydrogen-bond acceptors (Lipinski definition) is 3. The first-order valence-corrected chi connectivity index (χ1v) is 8.26. The minimum atomic E-state index is 0.211. The van der Waals surface area contributed by atoms with E-state index in [0.717, 1.165) is 42.8 Å². The van der Waals surface area contributed by atoms with E-state index < -0.39 is 0 Å². The second kappa shape index (κ2) is 5.30. The molecule has 2 fully saturated rings. The Kier molecular flexibility index (Phi) is 3.28. The molecule has 0 spiro atoms. The summed E-state index contributed by atoms with van der Waals surface area (Å²) in [5.41, 5.74) is 8.60. The number of nitrogens with zero attached hydrogens (tertiary/aromatic N) is 3. The number of para-hydroxylation sites is 1. The van der Waals surface area contributed by atoms with Crippen molar-refractivity contribution in [3.63, 3.8) is 0 Å². The molecule has 1 aromatic heterocycles. The molecule has 1 saturated heterocycles. The standard InChI is InChI=1S/C17H22N4O/c18-13-5-4-6-14-16(13)19-17(12-7-8-12)21(14)11-15(22)20-9-2-1-3-10-20/h4-6,12H,1-3,7-11,18H2. The lowest BCUT2D eigenvalue weighted by molar-refractivity contribution is -0.132. The summed E-state index contributed by atoms with van der Waals surface area (Å²) in [5, 5.41) is 0. The van der Waals surface area contributed by atoms with Gasteiger partial charge < -0.3 is 15.2 Å². The summed E-state index contributed by atoms with van der Waals surface area (Å²) in [5.74, 6) is 1.75. The molecule has 5 nitrogen and oxygen atoms in total. The van der Waals surface area contributed by atoms with Gasteiger partial charge in [-0.25, -0.2) is 4.98 Å². The molecular weight excluding hydrogens is 276 g/mol. The average molecular weight is 298 g/mol. The Balaban J connectivity index is 1.69. The van der Waals surface area contributed by atoms with Gasteiger partial charge in [0.05, 0.1) is 11.2 Å². The molecule has 22 heavy (non-hydrogen) atoms. The number of likely N-dealkylation sites (tertiary alicyclic amines) is 1. The summed E-state index contributed by atoms with van der Waals surface area (Å²) >= 11 is 0. The van der Waals surface area contributed by atoms with E-state index >= 15 is 0 Å². The van der Waals surface area contributed by atoms with E-state index in [4.69, 9.17) is 10.7 Å². The summed E-state index contributed by atoms with van der Waals surface area (Å²) < 4.78 is 2.10. The molecule has 2 heterocycles. The zero-order valence-electron chi connectivity index (χ0n) is 12.8. The predicted molar refractivity (Wildman–Crippen MR) is 86.6 cm³/mol. The van der Waals surface area contributed by atoms with E-state index in [1.54, 1.807) is 0 Å². The van der Waals surface area contributed by atoms with E-state index in [2.05, 4.69) is 4.57 Å². The van der Waals surface area contributed by atoms with Gasteiger partial charge in [-0.05, 0) is 44.2 Å². The summed E-state index contributed by atoms with van der Waals surface area (Å²) in [7, 11) is 0. The van der Waals surface area contributed by atoms with Gasteiger partial charge in [0.25, 0.3) is 0 Å². The SMILES string of the molecule is Nc1cccc2c1nc(C1CC1)n2CC(=O)N1CCCCC1. The third-order valence-electron chi connectivity index (χ3n) is 4.78. The van der Waals surface area contributed by atoms with Crippen LogP contribution in [-0.2, 0) is 11.3 Å². The fourth-order valence-corrected chi connectivity index (χ4v) is 3.38. The Labute approximate surface area is 130 Å². The number of amides is 1. The third kappa shape index (κ3) is 2.34. The molecule has 2 aliphatic rings. The number of nitrogen functional groups attached to an aromatic ring is 1. The lowest BCUT2D eigenvalue weighted by Crippen LogP contribution is -2.38. The molecule has 0 unspecified atom stereocenters. The molecule has 2 N–H and O–H groups in total. The number of carbonyl (C=O) groups excluding carboxylic acids is 1. The van der Waals surface area contributed by atoms with Crippen LogP contribution < -0.4 is 5.73 Å². The largest absolute Gasteiger partial charge is 0.397 e. The van der Waals surface area contributed by atoms with Crippen LogP contribution in [0.5, 0.6) is 0 Å². The Morgan fingerprint density at radius 1 is 1.23 bits per heavy atom. The second-order valence-electron chi connectivity index (χ2n) is 6.49. The molecule has 0 radical (unpaired) electrons. The maximum absolute atomic E-state index is 12.6. The monoisotopic (exact) mass is 298 g/mol. The Bertz CT molecular complexity index is 711. The van der Waals surface area contributed by atoms with Crippen LogP contribution in [0, 0.1) is 0 Å². The predicted octanol–water partition coefficient (Wildman–Crippen LogP) is 2.51. The normalized spacial score (nSPS) is 18.8. The summed E-state index contributed by atoms with van der Waals surface area (Å²) in [6.45, 7) is 2.19. The van der Waals surface area contributed by atoms with Gasteiger partial charge in [0, 0.05) is 19.0 Å². The molecule has 116 valence electrons. The first-order chi connectivity index (χ1) is 10.7. The van der Waals surface area contributed by atoms with Crippen molar-refractivity contribution >= 4 is 22.6 Å². The number of carbonyl (C=O) groups is 1. The van der Waals surface area contributed by atoms with Crippen molar-refractivity contribution < 1.29 is 4.79 Å². The second-order valence-corrected chi connectivity index (χ2v) is 6.49. The molecule has 1 aromatic carbocycles. The van der Waals surface area contributed by atoms with Gasteiger partial charge >= 0.3 is 0 Å². The molecular formula is C17H22N4O. The van der Waals surface area contributed by atoms with Crippen LogP contribution in [-0.4, -0.2) is 33.4 Å². The van der Waals surface area contributed by atoms with Gasteiger partial charge in [-0.2, -0.15) is 0 Å². The molecule has 1 saturated carbocycles. The average Bonchev–Trinajstić information content (AvgIpc) is 3.32. The zero-order chi connectivity index (χ0) is 15.1. The first-order valence-electron chi connectivity index (χ1n) is 8.26. The van der Waals surface area contributed by atoms with Gasteiger partial charge in [-0.15, -0.1) is 0 Å². The van der Waals surface area contributed by atoms with Crippen molar-refractivity contribution in [1.29, 1.82) is 0 Å². The van der Waals surface area contributed by atoms with Gasteiger partial charge in [0.2, 0.25) is 5.91 Å². The highest BCUT2D eigenvalue weighted by atomic mass is 16.2. The van der Waals surface area contributed by atoms with E-state index in [1.807, 2.05) is 23.1 Å². The molecule has 0 bridgehead atoms. The Morgan fingerprint density at radius 3 is 2.73 bits per heavy atom. The molecule has 4 rings (SSSR count). The lowest BCUT2D eigenvalue weighted by Gasteiger charge is -2.27. The number of benzene rings is 1. The fourth-order valence-electron chi connectivity index (χ4n) is 3.38. The lowest BCUT2D eigenvalue weighted by atomic mass is 10.1. The highest BCUT2D eigenvalue weighted by Crippen LogP contribution is 2.41. The summed E-state index contributed by atoms with van der Waals surface area (Å²) in [6.07, 6.45) is 5.82. The van der Waals surface area contributed by atoms with E-state index in [1.165, 1.54) is 19.3 Å². The van der Waals surface area contributed by atoms with E-state index in [-0.39, 0.29) is 5.91 Å². The first kappa shape index (κ1) is 13.6. The van der Waals surface area contributed by atoms with Gasteiger partial charge in [0.15, 0.2) is 0 Å². The zero-order valence-corrected chi connectivity index (χ0v) is 12.8.